The van der Waals surface area contributed by atoms with Gasteiger partial charge in [-0.2, -0.15) is 0 Å². The maximum absolute atomic E-state index is 6.26. The van der Waals surface area contributed by atoms with Gasteiger partial charge in [-0.3, -0.25) is 4.90 Å². The highest BCUT2D eigenvalue weighted by atomic mass is 16.5. The Balaban J connectivity index is 1.50. The van der Waals surface area contributed by atoms with Gasteiger partial charge in [0.25, 0.3) is 0 Å². The summed E-state index contributed by atoms with van der Waals surface area (Å²) in [5.41, 5.74) is 10.4. The van der Waals surface area contributed by atoms with Crippen LogP contribution in [0.2, 0.25) is 0 Å². The predicted molar refractivity (Wildman–Crippen MR) is 94.6 cm³/mol. The number of nitrogens with zero attached hydrogens (tertiary/aromatic N) is 1. The number of piperidine rings is 3. The fraction of sp³-hybridized carbons (Fsp3) is 0.400. The molecule has 0 aromatic heterocycles. The lowest BCUT2D eigenvalue weighted by Gasteiger charge is -2.44. The first kappa shape index (κ1) is 14.6. The number of rotatable bonds is 3. The van der Waals surface area contributed by atoms with Gasteiger partial charge in [-0.25, -0.2) is 0 Å². The van der Waals surface area contributed by atoms with Gasteiger partial charge in [0, 0.05) is 17.8 Å². The largest absolute Gasteiger partial charge is 0.489 e. The van der Waals surface area contributed by atoms with Gasteiger partial charge in [-0.05, 0) is 68.1 Å². The highest BCUT2D eigenvalue weighted by Crippen LogP contribution is 2.32. The summed E-state index contributed by atoms with van der Waals surface area (Å²) in [7, 11) is 0. The van der Waals surface area contributed by atoms with Crippen molar-refractivity contribution in [2.24, 2.45) is 5.92 Å². The summed E-state index contributed by atoms with van der Waals surface area (Å²) in [6.45, 7) is 5.63. The third kappa shape index (κ3) is 2.93. The first-order chi connectivity index (χ1) is 11.2. The van der Waals surface area contributed by atoms with Crippen molar-refractivity contribution >= 4 is 5.69 Å². The molecule has 3 heterocycles. The Kier molecular flexibility index (Phi) is 3.74. The minimum absolute atomic E-state index is 0.354. The molecule has 1 atom stereocenters. The van der Waals surface area contributed by atoms with E-state index in [4.69, 9.17) is 10.5 Å². The van der Waals surface area contributed by atoms with E-state index >= 15 is 0 Å². The fourth-order valence-corrected chi connectivity index (χ4v) is 3.88. The van der Waals surface area contributed by atoms with E-state index in [9.17, 15) is 0 Å². The van der Waals surface area contributed by atoms with E-state index in [-0.39, 0.29) is 0 Å². The molecule has 3 aliphatic rings. The van der Waals surface area contributed by atoms with Crippen molar-refractivity contribution in [1.82, 2.24) is 4.90 Å². The second kappa shape index (κ2) is 5.89. The van der Waals surface area contributed by atoms with Gasteiger partial charge < -0.3 is 10.5 Å². The maximum Gasteiger partial charge on any atom is 0.119 e. The van der Waals surface area contributed by atoms with Crippen LogP contribution in [0.4, 0.5) is 5.69 Å². The van der Waals surface area contributed by atoms with E-state index < -0.39 is 0 Å². The lowest BCUT2D eigenvalue weighted by molar-refractivity contribution is -0.00775. The fourth-order valence-electron chi connectivity index (χ4n) is 3.88. The second-order valence-corrected chi connectivity index (χ2v) is 6.91. The van der Waals surface area contributed by atoms with Crippen LogP contribution >= 0.6 is 0 Å². The van der Waals surface area contributed by atoms with Crippen molar-refractivity contribution in [3.05, 3.63) is 48.0 Å². The van der Waals surface area contributed by atoms with E-state index in [0.717, 1.165) is 35.0 Å². The number of aryl methyl sites for hydroxylation is 1. The molecule has 23 heavy (non-hydrogen) atoms. The first-order valence-electron chi connectivity index (χ1n) is 8.54. The lowest BCUT2D eigenvalue weighted by Crippen LogP contribution is -2.52. The zero-order valence-corrected chi connectivity index (χ0v) is 13.7. The number of benzene rings is 2. The van der Waals surface area contributed by atoms with Crippen LogP contribution in [0.3, 0.4) is 0 Å². The Hall–Kier alpha value is -2.00. The quantitative estimate of drug-likeness (QED) is 0.878. The number of hydrogen-bond donors (Lipinski definition) is 1. The Morgan fingerprint density at radius 1 is 1.04 bits per heavy atom. The predicted octanol–water partition coefficient (Wildman–Crippen LogP) is 3.72. The van der Waals surface area contributed by atoms with Crippen LogP contribution in [0.25, 0.3) is 11.1 Å². The Bertz CT molecular complexity index is 687. The number of nitrogen functional groups attached to an aromatic ring is 1. The SMILES string of the molecule is Cc1ccc(-c2ccc(OC3CN4CCC3CC4)cc2)c(N)c1. The molecule has 3 nitrogen and oxygen atoms in total. The molecule has 0 aliphatic carbocycles. The van der Waals surface area contributed by atoms with Gasteiger partial charge in [-0.1, -0.05) is 24.3 Å². The summed E-state index contributed by atoms with van der Waals surface area (Å²) in [6, 6.07) is 14.6. The molecule has 2 aromatic carbocycles. The second-order valence-electron chi connectivity index (χ2n) is 6.91. The molecule has 2 bridgehead atoms. The standard InChI is InChI=1S/C20H24N2O/c1-14-2-7-18(19(21)12-14)15-3-5-17(6-4-15)23-20-13-22-10-8-16(20)9-11-22/h2-7,12,16,20H,8-11,13,21H2,1H3. The van der Waals surface area contributed by atoms with Crippen molar-refractivity contribution in [2.75, 3.05) is 25.4 Å². The Morgan fingerprint density at radius 2 is 1.78 bits per heavy atom. The van der Waals surface area contributed by atoms with Gasteiger partial charge in [0.1, 0.15) is 11.9 Å². The number of fused-ring (bicyclic) bond motifs is 3. The molecule has 2 aromatic rings. The number of anilines is 1. The van der Waals surface area contributed by atoms with Crippen LogP contribution in [0, 0.1) is 12.8 Å². The third-order valence-corrected chi connectivity index (χ3v) is 5.26. The van der Waals surface area contributed by atoms with Crippen LogP contribution in [0.5, 0.6) is 5.75 Å². The van der Waals surface area contributed by atoms with Crippen LogP contribution in [-0.4, -0.2) is 30.6 Å². The zero-order chi connectivity index (χ0) is 15.8. The van der Waals surface area contributed by atoms with E-state index in [1.807, 2.05) is 6.07 Å². The zero-order valence-electron chi connectivity index (χ0n) is 13.7. The van der Waals surface area contributed by atoms with Crippen molar-refractivity contribution in [3.63, 3.8) is 0 Å². The highest BCUT2D eigenvalue weighted by Gasteiger charge is 2.35. The highest BCUT2D eigenvalue weighted by molar-refractivity contribution is 5.77. The molecule has 3 fully saturated rings. The molecule has 0 saturated carbocycles. The van der Waals surface area contributed by atoms with E-state index in [0.29, 0.717) is 6.10 Å². The van der Waals surface area contributed by atoms with Crippen LogP contribution < -0.4 is 10.5 Å². The first-order valence-corrected chi connectivity index (χ1v) is 8.54. The van der Waals surface area contributed by atoms with Gasteiger partial charge in [0.15, 0.2) is 0 Å². The van der Waals surface area contributed by atoms with E-state index in [2.05, 4.69) is 48.2 Å². The summed E-state index contributed by atoms with van der Waals surface area (Å²) in [5, 5.41) is 0. The topological polar surface area (TPSA) is 38.5 Å². The Labute approximate surface area is 138 Å². The molecule has 1 unspecified atom stereocenters. The number of nitrogens with two attached hydrogens (primary N) is 1. The monoisotopic (exact) mass is 308 g/mol. The molecule has 5 rings (SSSR count). The third-order valence-electron chi connectivity index (χ3n) is 5.26. The molecule has 3 saturated heterocycles. The van der Waals surface area contributed by atoms with E-state index in [1.165, 1.54) is 31.5 Å². The molecule has 3 aliphatic heterocycles. The van der Waals surface area contributed by atoms with Crippen LogP contribution in [0.1, 0.15) is 18.4 Å². The molecular formula is C20H24N2O. The van der Waals surface area contributed by atoms with Gasteiger partial charge in [0.05, 0.1) is 0 Å². The molecule has 2 N–H and O–H groups in total. The molecule has 0 amide bonds. The number of ether oxygens (including phenoxy) is 1. The number of hydrogen-bond acceptors (Lipinski definition) is 3. The average molecular weight is 308 g/mol. The van der Waals surface area contributed by atoms with Gasteiger partial charge in [0.2, 0.25) is 0 Å². The summed E-state index contributed by atoms with van der Waals surface area (Å²) in [6.07, 6.45) is 2.92. The smallest absolute Gasteiger partial charge is 0.119 e. The van der Waals surface area contributed by atoms with Crippen molar-refractivity contribution < 1.29 is 4.74 Å². The summed E-state index contributed by atoms with van der Waals surface area (Å²) >= 11 is 0. The van der Waals surface area contributed by atoms with Gasteiger partial charge >= 0.3 is 0 Å². The average Bonchev–Trinajstić information content (AvgIpc) is 2.57. The lowest BCUT2D eigenvalue weighted by atomic mass is 9.86. The molecule has 0 spiro atoms. The molecule has 0 radical (unpaired) electrons. The summed E-state index contributed by atoms with van der Waals surface area (Å²) < 4.78 is 6.26. The van der Waals surface area contributed by atoms with Crippen molar-refractivity contribution in [3.8, 4) is 16.9 Å². The van der Waals surface area contributed by atoms with Crippen LogP contribution in [0.15, 0.2) is 42.5 Å². The summed E-state index contributed by atoms with van der Waals surface area (Å²) in [5.74, 6) is 1.70. The van der Waals surface area contributed by atoms with E-state index in [1.54, 1.807) is 0 Å². The van der Waals surface area contributed by atoms with Crippen molar-refractivity contribution in [2.45, 2.75) is 25.9 Å². The molecule has 3 heteroatoms. The maximum atomic E-state index is 6.26. The normalized spacial score (nSPS) is 26.2. The van der Waals surface area contributed by atoms with Crippen LogP contribution in [-0.2, 0) is 0 Å². The minimum atomic E-state index is 0.354. The van der Waals surface area contributed by atoms with Gasteiger partial charge in [-0.15, -0.1) is 0 Å². The summed E-state index contributed by atoms with van der Waals surface area (Å²) in [4.78, 5) is 2.52. The molecule has 120 valence electrons. The minimum Gasteiger partial charge on any atom is -0.489 e. The van der Waals surface area contributed by atoms with Crippen molar-refractivity contribution in [1.29, 1.82) is 0 Å². The Morgan fingerprint density at radius 3 is 2.39 bits per heavy atom. The molecular weight excluding hydrogens is 284 g/mol.